The third kappa shape index (κ3) is 2.60. The zero-order valence-corrected chi connectivity index (χ0v) is 14.1. The summed E-state index contributed by atoms with van der Waals surface area (Å²) in [4.78, 5) is 11.3. The molecule has 2 fully saturated rings. The van der Waals surface area contributed by atoms with E-state index in [-0.39, 0.29) is 17.4 Å². The van der Waals surface area contributed by atoms with Crippen LogP contribution in [0.3, 0.4) is 0 Å². The minimum absolute atomic E-state index is 0.0842. The maximum atomic E-state index is 11.3. The van der Waals surface area contributed by atoms with Crippen LogP contribution < -0.4 is 10.1 Å². The van der Waals surface area contributed by atoms with Crippen LogP contribution in [-0.2, 0) is 21.4 Å². The molecule has 1 heterocycles. The van der Waals surface area contributed by atoms with Crippen LogP contribution in [-0.4, -0.2) is 36.6 Å². The second-order valence-corrected chi connectivity index (χ2v) is 7.28. The van der Waals surface area contributed by atoms with Gasteiger partial charge in [-0.25, -0.2) is 0 Å². The van der Waals surface area contributed by atoms with E-state index >= 15 is 0 Å². The van der Waals surface area contributed by atoms with Crippen LogP contribution in [0, 0.1) is 5.92 Å². The predicted molar refractivity (Wildman–Crippen MR) is 89.3 cm³/mol. The van der Waals surface area contributed by atoms with Gasteiger partial charge in [-0.1, -0.05) is 13.0 Å². The van der Waals surface area contributed by atoms with Gasteiger partial charge in [0.05, 0.1) is 25.4 Å². The molecule has 0 amide bonds. The van der Waals surface area contributed by atoms with Crippen LogP contribution in [0.25, 0.3) is 0 Å². The Hall–Kier alpha value is -1.59. The van der Waals surface area contributed by atoms with E-state index in [4.69, 9.17) is 9.47 Å². The molecule has 2 N–H and O–H groups in total. The topological polar surface area (TPSA) is 67.8 Å². The van der Waals surface area contributed by atoms with Crippen LogP contribution in [0.4, 0.5) is 0 Å². The monoisotopic (exact) mass is 331 g/mol. The maximum Gasteiger partial charge on any atom is 0.307 e. The minimum Gasteiger partial charge on any atom is -0.494 e. The van der Waals surface area contributed by atoms with Gasteiger partial charge in [-0.05, 0) is 55.4 Å². The summed E-state index contributed by atoms with van der Waals surface area (Å²) in [6.45, 7) is 3.44. The van der Waals surface area contributed by atoms with Crippen molar-refractivity contribution in [3.05, 3.63) is 29.3 Å². The van der Waals surface area contributed by atoms with Crippen molar-refractivity contribution >= 4 is 5.97 Å². The van der Waals surface area contributed by atoms with E-state index in [1.807, 2.05) is 6.07 Å². The van der Waals surface area contributed by atoms with Crippen molar-refractivity contribution in [2.24, 2.45) is 5.92 Å². The highest BCUT2D eigenvalue weighted by molar-refractivity contribution is 5.78. The zero-order valence-electron chi connectivity index (χ0n) is 14.1. The molecule has 1 spiro atoms. The van der Waals surface area contributed by atoms with Gasteiger partial charge < -0.3 is 14.6 Å². The predicted octanol–water partition coefficient (Wildman–Crippen LogP) is 2.47. The number of rotatable bonds is 6. The molecule has 24 heavy (non-hydrogen) atoms. The van der Waals surface area contributed by atoms with Crippen molar-refractivity contribution in [3.63, 3.8) is 0 Å². The number of aryl methyl sites for hydroxylation is 1. The van der Waals surface area contributed by atoms with Crippen molar-refractivity contribution in [1.29, 1.82) is 0 Å². The maximum absolute atomic E-state index is 11.3. The van der Waals surface area contributed by atoms with Gasteiger partial charge in [-0.2, -0.15) is 0 Å². The van der Waals surface area contributed by atoms with Crippen molar-refractivity contribution < 1.29 is 19.4 Å². The van der Waals surface area contributed by atoms with E-state index < -0.39 is 5.97 Å². The highest BCUT2D eigenvalue weighted by atomic mass is 16.5. The Kier molecular flexibility index (Phi) is 4.01. The van der Waals surface area contributed by atoms with E-state index in [2.05, 4.69) is 24.4 Å². The van der Waals surface area contributed by atoms with Crippen LogP contribution in [0.15, 0.2) is 18.2 Å². The first-order chi connectivity index (χ1) is 11.6. The summed E-state index contributed by atoms with van der Waals surface area (Å²) in [5, 5.41) is 12.6. The molecule has 1 aliphatic heterocycles. The minimum atomic E-state index is -0.653. The van der Waals surface area contributed by atoms with Gasteiger partial charge in [0.2, 0.25) is 0 Å². The first-order valence-electron chi connectivity index (χ1n) is 8.98. The van der Waals surface area contributed by atoms with Crippen LogP contribution in [0.1, 0.15) is 43.7 Å². The molecule has 130 valence electrons. The Balaban J connectivity index is 1.36. The Morgan fingerprint density at radius 2 is 2.38 bits per heavy atom. The number of aliphatic carboxylic acids is 1. The van der Waals surface area contributed by atoms with Crippen molar-refractivity contribution in [3.8, 4) is 5.75 Å². The number of carboxylic acid groups (broad SMARTS) is 1. The lowest BCUT2D eigenvalue weighted by Crippen LogP contribution is -2.31. The molecule has 1 saturated carbocycles. The third-order valence-corrected chi connectivity index (χ3v) is 6.02. The van der Waals surface area contributed by atoms with Crippen LogP contribution in [0.5, 0.6) is 5.75 Å². The Morgan fingerprint density at radius 1 is 1.50 bits per heavy atom. The molecular weight excluding hydrogens is 306 g/mol. The molecule has 4 unspecified atom stereocenters. The Morgan fingerprint density at radius 3 is 3.12 bits per heavy atom. The Labute approximate surface area is 142 Å². The number of ether oxygens (including phenoxy) is 2. The summed E-state index contributed by atoms with van der Waals surface area (Å²) in [6.07, 6.45) is 4.96. The second kappa shape index (κ2) is 6.05. The number of hydrogen-bond donors (Lipinski definition) is 2. The van der Waals surface area contributed by atoms with Gasteiger partial charge in [0.15, 0.2) is 0 Å². The summed E-state index contributed by atoms with van der Waals surface area (Å²) in [7, 11) is 0. The van der Waals surface area contributed by atoms with Crippen LogP contribution >= 0.6 is 0 Å². The van der Waals surface area contributed by atoms with Gasteiger partial charge >= 0.3 is 5.97 Å². The van der Waals surface area contributed by atoms with Crippen LogP contribution in [0.2, 0.25) is 0 Å². The molecule has 2 aliphatic carbocycles. The molecule has 5 nitrogen and oxygen atoms in total. The van der Waals surface area contributed by atoms with E-state index in [0.717, 1.165) is 37.9 Å². The lowest BCUT2D eigenvalue weighted by Gasteiger charge is -2.17. The van der Waals surface area contributed by atoms with E-state index in [0.29, 0.717) is 19.4 Å². The number of carbonyl (C=O) groups is 1. The average molecular weight is 331 g/mol. The molecule has 0 radical (unpaired) electrons. The fourth-order valence-corrected chi connectivity index (χ4v) is 4.55. The third-order valence-electron chi connectivity index (χ3n) is 6.02. The van der Waals surface area contributed by atoms with Crippen molar-refractivity contribution in [2.75, 3.05) is 13.3 Å². The van der Waals surface area contributed by atoms with Gasteiger partial charge in [0.1, 0.15) is 5.75 Å². The van der Waals surface area contributed by atoms with Crippen molar-refractivity contribution in [2.45, 2.75) is 56.6 Å². The molecule has 1 aromatic carbocycles. The van der Waals surface area contributed by atoms with E-state index in [1.165, 1.54) is 11.1 Å². The van der Waals surface area contributed by atoms with Gasteiger partial charge in [-0.15, -0.1) is 0 Å². The number of hydrogen-bond acceptors (Lipinski definition) is 4. The first-order valence-corrected chi connectivity index (χ1v) is 8.98. The lowest BCUT2D eigenvalue weighted by molar-refractivity contribution is -0.139. The molecule has 5 heteroatoms. The molecule has 0 aromatic heterocycles. The van der Waals surface area contributed by atoms with Crippen molar-refractivity contribution in [1.82, 2.24) is 5.32 Å². The van der Waals surface area contributed by atoms with E-state index in [1.54, 1.807) is 0 Å². The number of benzene rings is 1. The first kappa shape index (κ1) is 15.9. The highest BCUT2D eigenvalue weighted by Crippen LogP contribution is 2.61. The molecule has 3 aliphatic rings. The van der Waals surface area contributed by atoms with Gasteiger partial charge in [0, 0.05) is 11.5 Å². The van der Waals surface area contributed by atoms with E-state index in [9.17, 15) is 9.90 Å². The number of nitrogens with one attached hydrogen (secondary N) is 1. The standard InChI is InChI=1S/C19H25NO4/c1-2-17-16(20-11-24-17)6-8-23-13-3-4-14-12(9-13)5-7-19(14)10-15(19)18(21)22/h3-4,9,15-17,20H,2,5-8,10-11H2,1H3,(H,21,22). The summed E-state index contributed by atoms with van der Waals surface area (Å²) in [5.74, 6) is 0.0511. The molecule has 4 rings (SSSR count). The molecule has 0 bridgehead atoms. The molecule has 1 saturated heterocycles. The summed E-state index contributed by atoms with van der Waals surface area (Å²) in [5.41, 5.74) is 2.42. The largest absolute Gasteiger partial charge is 0.494 e. The average Bonchev–Trinajstić information content (AvgIpc) is 2.95. The zero-order chi connectivity index (χ0) is 16.7. The van der Waals surface area contributed by atoms with Gasteiger partial charge in [-0.3, -0.25) is 10.1 Å². The van der Waals surface area contributed by atoms with Gasteiger partial charge in [0.25, 0.3) is 0 Å². The fourth-order valence-electron chi connectivity index (χ4n) is 4.55. The molecular formula is C19H25NO4. The number of fused-ring (bicyclic) bond motifs is 2. The SMILES string of the molecule is CCC1OCNC1CCOc1ccc2c(c1)CCC21CC1C(=O)O. The summed E-state index contributed by atoms with van der Waals surface area (Å²) >= 11 is 0. The highest BCUT2D eigenvalue weighted by Gasteiger charge is 2.61. The normalized spacial score (nSPS) is 33.6. The molecule has 1 aromatic rings. The molecule has 4 atom stereocenters. The second-order valence-electron chi connectivity index (χ2n) is 7.28. The summed E-state index contributed by atoms with van der Waals surface area (Å²) in [6, 6.07) is 6.57. The number of carboxylic acids is 1. The summed E-state index contributed by atoms with van der Waals surface area (Å²) < 4.78 is 11.6. The quantitative estimate of drug-likeness (QED) is 0.838. The Bertz CT molecular complexity index is 646. The smallest absolute Gasteiger partial charge is 0.307 e. The fraction of sp³-hybridized carbons (Fsp3) is 0.632. The lowest BCUT2D eigenvalue weighted by atomic mass is 9.95.